The molecule has 0 atom stereocenters. The van der Waals surface area contributed by atoms with Crippen molar-refractivity contribution >= 4 is 39.7 Å². The Balaban J connectivity index is 0.00000625. The number of ether oxygens (including phenoxy) is 2. The normalized spacial score (nSPS) is 11.4. The second kappa shape index (κ2) is 14.9. The van der Waals surface area contributed by atoms with Gasteiger partial charge >= 0.3 is 45.3 Å². The Labute approximate surface area is 181 Å². The summed E-state index contributed by atoms with van der Waals surface area (Å²) in [5.74, 6) is 0.362. The minimum absolute atomic E-state index is 0. The van der Waals surface area contributed by atoms with E-state index < -0.39 is 15.7 Å². The Kier molecular flexibility index (Phi) is 14.8. The third-order valence-corrected chi connectivity index (χ3v) is 4.97. The van der Waals surface area contributed by atoms with E-state index in [9.17, 15) is 8.42 Å². The molecule has 0 saturated heterocycles. The first-order valence-corrected chi connectivity index (χ1v) is 10.8. The van der Waals surface area contributed by atoms with Gasteiger partial charge in [0.2, 0.25) is 0 Å². The molecule has 0 N–H and O–H groups in total. The average Bonchev–Trinajstić information content (AvgIpc) is 2.59. The van der Waals surface area contributed by atoms with Crippen LogP contribution in [0.15, 0.2) is 24.3 Å². The number of hydrogen-bond donors (Lipinski definition) is 0. The molecule has 0 amide bonds. The Morgan fingerprint density at radius 2 is 1.46 bits per heavy atom. The van der Waals surface area contributed by atoms with Gasteiger partial charge in [-0.1, -0.05) is 57.2 Å². The molecule has 1 aromatic rings. The van der Waals surface area contributed by atoms with Crippen LogP contribution in [-0.2, 0) is 26.0 Å². The number of unbranched alkanes of at least 4 members (excludes halogenated alkanes) is 5. The van der Waals surface area contributed by atoms with Crippen molar-refractivity contribution in [1.82, 2.24) is 0 Å². The molecule has 5 nitrogen and oxygen atoms in total. The van der Waals surface area contributed by atoms with Gasteiger partial charge in [0.25, 0.3) is 0 Å². The Bertz CT molecular complexity index is 571. The number of benzene rings is 1. The van der Waals surface area contributed by atoms with Gasteiger partial charge in [-0.25, -0.2) is 0 Å². The predicted octanol–water partition coefficient (Wildman–Crippen LogP) is 4.01. The van der Waals surface area contributed by atoms with Crippen molar-refractivity contribution < 1.29 is 22.1 Å². The first-order valence-electron chi connectivity index (χ1n) is 9.29. The summed E-state index contributed by atoms with van der Waals surface area (Å²) in [7, 11) is -4.01. The van der Waals surface area contributed by atoms with E-state index in [4.69, 9.17) is 13.7 Å². The molecule has 0 saturated carbocycles. The van der Waals surface area contributed by atoms with Gasteiger partial charge in [0.05, 0.1) is 0 Å². The minimum atomic E-state index is -4.01. The van der Waals surface area contributed by atoms with Gasteiger partial charge < -0.3 is 13.7 Å². The summed E-state index contributed by atoms with van der Waals surface area (Å²) >= 11 is 0. The van der Waals surface area contributed by atoms with Crippen molar-refractivity contribution in [1.29, 1.82) is 0 Å². The molecular formula is C19H33NaO5S. The van der Waals surface area contributed by atoms with E-state index in [1.54, 1.807) is 26.0 Å². The van der Waals surface area contributed by atoms with Crippen molar-refractivity contribution in [2.24, 2.45) is 0 Å². The molecule has 0 aliphatic rings. The summed E-state index contributed by atoms with van der Waals surface area (Å²) in [6.07, 6.45) is 7.93. The van der Waals surface area contributed by atoms with E-state index in [0.29, 0.717) is 5.75 Å². The molecule has 0 bridgehead atoms. The Morgan fingerprint density at radius 1 is 0.885 bits per heavy atom. The van der Waals surface area contributed by atoms with Crippen LogP contribution in [-0.4, -0.2) is 56.8 Å². The summed E-state index contributed by atoms with van der Waals surface area (Å²) in [5, 5.41) is 0. The number of aryl methyl sites for hydroxylation is 1. The van der Waals surface area contributed by atoms with Crippen LogP contribution < -0.4 is 4.18 Å². The van der Waals surface area contributed by atoms with E-state index in [1.165, 1.54) is 25.7 Å². The first kappa shape index (κ1) is 25.9. The molecule has 0 fully saturated rings. The first-order chi connectivity index (χ1) is 12.0. The summed E-state index contributed by atoms with van der Waals surface area (Å²) < 4.78 is 40.5. The van der Waals surface area contributed by atoms with Gasteiger partial charge in [-0.05, 0) is 38.3 Å². The zero-order valence-corrected chi connectivity index (χ0v) is 16.5. The van der Waals surface area contributed by atoms with Crippen molar-refractivity contribution in [3.8, 4) is 5.75 Å². The number of para-hydroxylation sites is 1. The zero-order chi connectivity index (χ0) is 18.5. The molecule has 146 valence electrons. The van der Waals surface area contributed by atoms with Gasteiger partial charge in [0.1, 0.15) is 5.75 Å². The van der Waals surface area contributed by atoms with Crippen LogP contribution in [0, 0.1) is 0 Å². The molecule has 0 heterocycles. The molecule has 0 radical (unpaired) electrons. The molecule has 0 aliphatic heterocycles. The van der Waals surface area contributed by atoms with Crippen LogP contribution in [0.25, 0.3) is 0 Å². The zero-order valence-electron chi connectivity index (χ0n) is 15.7. The maximum atomic E-state index is 12.4. The van der Waals surface area contributed by atoms with Crippen LogP contribution in [0.1, 0.15) is 64.9 Å². The molecule has 7 heteroatoms. The number of hydrogen-bond acceptors (Lipinski definition) is 5. The van der Waals surface area contributed by atoms with E-state index in [0.717, 1.165) is 24.8 Å². The molecule has 1 rings (SSSR count). The second-order valence-corrected chi connectivity index (χ2v) is 7.44. The molecule has 0 unspecified atom stereocenters. The molecular weight excluding hydrogens is 363 g/mol. The third kappa shape index (κ3) is 9.72. The van der Waals surface area contributed by atoms with Crippen molar-refractivity contribution in [2.75, 3.05) is 13.2 Å². The fraction of sp³-hybridized carbons (Fsp3) is 0.684. The summed E-state index contributed by atoms with van der Waals surface area (Å²) in [6, 6.07) is 7.26. The van der Waals surface area contributed by atoms with Gasteiger partial charge in [-0.3, -0.25) is 0 Å². The van der Waals surface area contributed by atoms with Gasteiger partial charge in [-0.2, -0.15) is 8.42 Å². The molecule has 1 aromatic carbocycles. The maximum absolute atomic E-state index is 12.4. The molecule has 0 aliphatic carbocycles. The summed E-state index contributed by atoms with van der Waals surface area (Å²) in [4.78, 5) is 0. The standard InChI is InChI=1S/C19H32O5S.Na.H/c1-4-7-8-9-10-11-14-17-15-12-13-16-18(17)24-25(20,21)19(22-5-2)23-6-3;;/h12-13,15-16,19H,4-11,14H2,1-3H3;;. The van der Waals surface area contributed by atoms with E-state index in [-0.39, 0.29) is 42.8 Å². The monoisotopic (exact) mass is 396 g/mol. The van der Waals surface area contributed by atoms with Crippen molar-refractivity contribution in [3.05, 3.63) is 29.8 Å². The van der Waals surface area contributed by atoms with Crippen molar-refractivity contribution in [3.63, 3.8) is 0 Å². The van der Waals surface area contributed by atoms with Gasteiger partial charge in [-0.15, -0.1) is 0 Å². The van der Waals surface area contributed by atoms with Crippen LogP contribution in [0.4, 0.5) is 0 Å². The fourth-order valence-corrected chi connectivity index (χ4v) is 3.64. The van der Waals surface area contributed by atoms with Crippen LogP contribution in [0.5, 0.6) is 5.75 Å². The topological polar surface area (TPSA) is 61.8 Å². The fourth-order valence-electron chi connectivity index (χ4n) is 2.54. The van der Waals surface area contributed by atoms with E-state index in [1.807, 2.05) is 12.1 Å². The summed E-state index contributed by atoms with van der Waals surface area (Å²) in [6.45, 7) is 6.09. The van der Waals surface area contributed by atoms with Crippen LogP contribution >= 0.6 is 0 Å². The van der Waals surface area contributed by atoms with Gasteiger partial charge in [0.15, 0.2) is 0 Å². The second-order valence-electron chi connectivity index (χ2n) is 5.90. The Hall–Kier alpha value is -0.110. The quantitative estimate of drug-likeness (QED) is 0.206. The van der Waals surface area contributed by atoms with Crippen LogP contribution in [0.2, 0.25) is 0 Å². The Morgan fingerprint density at radius 3 is 2.08 bits per heavy atom. The average molecular weight is 397 g/mol. The molecule has 0 aromatic heterocycles. The number of rotatable bonds is 14. The van der Waals surface area contributed by atoms with Crippen molar-refractivity contribution in [2.45, 2.75) is 71.3 Å². The third-order valence-electron chi connectivity index (χ3n) is 3.82. The molecule has 0 spiro atoms. The van der Waals surface area contributed by atoms with Crippen LogP contribution in [0.3, 0.4) is 0 Å². The predicted molar refractivity (Wildman–Crippen MR) is 107 cm³/mol. The van der Waals surface area contributed by atoms with E-state index in [2.05, 4.69) is 6.92 Å². The summed E-state index contributed by atoms with van der Waals surface area (Å²) in [5.41, 5.74) is -0.502. The van der Waals surface area contributed by atoms with Gasteiger partial charge in [0, 0.05) is 13.2 Å². The molecule has 26 heavy (non-hydrogen) atoms. The van der Waals surface area contributed by atoms with E-state index >= 15 is 0 Å². The SMILES string of the molecule is CCCCCCCCc1ccccc1OS(=O)(=O)C(OCC)OCC.[NaH].